The van der Waals surface area contributed by atoms with E-state index in [-0.39, 0.29) is 36.0 Å². The summed E-state index contributed by atoms with van der Waals surface area (Å²) in [6.07, 6.45) is -3.65. The highest BCUT2D eigenvalue weighted by Gasteiger charge is 2.36. The summed E-state index contributed by atoms with van der Waals surface area (Å²) in [5, 5.41) is 2.11. The van der Waals surface area contributed by atoms with Crippen LogP contribution < -0.4 is 5.32 Å². The number of nitrogens with zero attached hydrogens (tertiary/aromatic N) is 3. The van der Waals surface area contributed by atoms with Crippen LogP contribution in [0, 0.1) is 6.92 Å². The standard InChI is InChI=1S/C13H14F4N4O/c1-6(13(15,16)17)18-12-20-7(2)19-11(21-12)8-4-3-5-9(22)10(8)14/h6H,3-5H2,1-2H3,(H,18,19,20,21)/t6-/m1/s1. The molecule has 1 aliphatic rings. The molecule has 2 rings (SSSR count). The molecule has 22 heavy (non-hydrogen) atoms. The van der Waals surface area contributed by atoms with E-state index < -0.39 is 23.8 Å². The molecule has 0 spiro atoms. The number of hydrogen-bond acceptors (Lipinski definition) is 5. The van der Waals surface area contributed by atoms with Crippen LogP contribution in [0.1, 0.15) is 37.8 Å². The van der Waals surface area contributed by atoms with Crippen LogP contribution in [0.15, 0.2) is 5.83 Å². The van der Waals surface area contributed by atoms with Crippen molar-refractivity contribution in [3.8, 4) is 0 Å². The molecule has 0 bridgehead atoms. The molecular formula is C13H14F4N4O. The molecule has 1 aromatic heterocycles. The lowest BCUT2D eigenvalue weighted by Crippen LogP contribution is -2.34. The zero-order valence-corrected chi connectivity index (χ0v) is 12.0. The number of rotatable bonds is 3. The SMILES string of the molecule is Cc1nc(N[C@H](C)C(F)(F)F)nc(C2=C(F)C(=O)CCC2)n1. The lowest BCUT2D eigenvalue weighted by molar-refractivity contribution is -0.138. The highest BCUT2D eigenvalue weighted by Crippen LogP contribution is 2.30. The summed E-state index contributed by atoms with van der Waals surface area (Å²) in [7, 11) is 0. The van der Waals surface area contributed by atoms with Gasteiger partial charge in [0.05, 0.1) is 0 Å². The molecule has 9 heteroatoms. The Kier molecular flexibility index (Phi) is 4.43. The minimum atomic E-state index is -4.47. The third-order valence-corrected chi connectivity index (χ3v) is 3.19. The molecule has 1 atom stereocenters. The van der Waals surface area contributed by atoms with E-state index in [1.807, 2.05) is 0 Å². The summed E-state index contributed by atoms with van der Waals surface area (Å²) in [5.74, 6) is -1.83. The van der Waals surface area contributed by atoms with Gasteiger partial charge in [-0.25, -0.2) is 9.37 Å². The van der Waals surface area contributed by atoms with Gasteiger partial charge in [0.1, 0.15) is 11.9 Å². The molecule has 5 nitrogen and oxygen atoms in total. The number of ketones is 1. The Hall–Kier alpha value is -2.06. The Morgan fingerprint density at radius 2 is 1.86 bits per heavy atom. The average Bonchev–Trinajstić information content (AvgIpc) is 2.40. The molecule has 0 saturated heterocycles. The van der Waals surface area contributed by atoms with Gasteiger partial charge in [-0.1, -0.05) is 0 Å². The first kappa shape index (κ1) is 16.3. The van der Waals surface area contributed by atoms with Crippen molar-refractivity contribution in [2.45, 2.75) is 45.3 Å². The van der Waals surface area contributed by atoms with E-state index in [2.05, 4.69) is 20.3 Å². The van der Waals surface area contributed by atoms with Crippen molar-refractivity contribution in [1.29, 1.82) is 0 Å². The molecule has 0 aliphatic heterocycles. The van der Waals surface area contributed by atoms with Gasteiger partial charge in [0.2, 0.25) is 5.95 Å². The third-order valence-electron chi connectivity index (χ3n) is 3.19. The number of carbonyl (C=O) groups is 1. The lowest BCUT2D eigenvalue weighted by atomic mass is 9.97. The first-order valence-electron chi connectivity index (χ1n) is 6.66. The number of aromatic nitrogens is 3. The van der Waals surface area contributed by atoms with Gasteiger partial charge in [0.25, 0.3) is 0 Å². The molecule has 0 saturated carbocycles. The van der Waals surface area contributed by atoms with Crippen molar-refractivity contribution >= 4 is 17.3 Å². The van der Waals surface area contributed by atoms with Gasteiger partial charge in [-0.15, -0.1) is 0 Å². The third kappa shape index (κ3) is 3.58. The minimum Gasteiger partial charge on any atom is -0.343 e. The second-order valence-electron chi connectivity index (χ2n) is 5.01. The average molecular weight is 318 g/mol. The predicted molar refractivity (Wildman–Crippen MR) is 70.6 cm³/mol. The summed E-state index contributed by atoms with van der Waals surface area (Å²) < 4.78 is 51.5. The van der Waals surface area contributed by atoms with Crippen molar-refractivity contribution in [3.63, 3.8) is 0 Å². The Morgan fingerprint density at radius 3 is 2.50 bits per heavy atom. The fourth-order valence-corrected chi connectivity index (χ4v) is 1.98. The largest absolute Gasteiger partial charge is 0.408 e. The number of alkyl halides is 3. The van der Waals surface area contributed by atoms with E-state index in [4.69, 9.17) is 0 Å². The summed E-state index contributed by atoms with van der Waals surface area (Å²) in [6, 6.07) is -1.87. The number of carbonyl (C=O) groups excluding carboxylic acids is 1. The Labute approximate surface area is 123 Å². The number of Topliss-reactive ketones (excluding diaryl/α,β-unsaturated/α-hetero) is 1. The molecule has 0 amide bonds. The molecule has 1 N–H and O–H groups in total. The summed E-state index contributed by atoms with van der Waals surface area (Å²) in [4.78, 5) is 22.9. The lowest BCUT2D eigenvalue weighted by Gasteiger charge is -2.18. The van der Waals surface area contributed by atoms with Crippen LogP contribution in [0.2, 0.25) is 0 Å². The van der Waals surface area contributed by atoms with Crippen LogP contribution in [-0.4, -0.2) is 33.0 Å². The van der Waals surface area contributed by atoms with Crippen molar-refractivity contribution in [2.75, 3.05) is 5.32 Å². The van der Waals surface area contributed by atoms with Gasteiger partial charge < -0.3 is 5.32 Å². The number of hydrogen-bond donors (Lipinski definition) is 1. The van der Waals surface area contributed by atoms with E-state index in [0.29, 0.717) is 6.42 Å². The zero-order valence-electron chi connectivity index (χ0n) is 12.0. The first-order valence-corrected chi connectivity index (χ1v) is 6.66. The molecular weight excluding hydrogens is 304 g/mol. The molecule has 1 heterocycles. The van der Waals surface area contributed by atoms with Gasteiger partial charge in [-0.2, -0.15) is 23.1 Å². The van der Waals surface area contributed by atoms with E-state index in [1.165, 1.54) is 6.92 Å². The van der Waals surface area contributed by atoms with E-state index >= 15 is 0 Å². The Balaban J connectivity index is 2.35. The number of allylic oxidation sites excluding steroid dienone is 2. The molecule has 0 radical (unpaired) electrons. The van der Waals surface area contributed by atoms with Gasteiger partial charge in [-0.05, 0) is 26.7 Å². The minimum absolute atomic E-state index is 0.0180. The van der Waals surface area contributed by atoms with Crippen molar-refractivity contribution in [3.05, 3.63) is 17.5 Å². The molecule has 0 fully saturated rings. The highest BCUT2D eigenvalue weighted by atomic mass is 19.4. The van der Waals surface area contributed by atoms with Crippen LogP contribution in [0.25, 0.3) is 5.57 Å². The molecule has 1 aliphatic carbocycles. The normalized spacial score (nSPS) is 17.6. The number of aryl methyl sites for hydroxylation is 1. The molecule has 0 aromatic carbocycles. The van der Waals surface area contributed by atoms with Gasteiger partial charge in [0, 0.05) is 12.0 Å². The zero-order chi connectivity index (χ0) is 16.5. The van der Waals surface area contributed by atoms with Crippen LogP contribution in [0.5, 0.6) is 0 Å². The molecule has 1 aromatic rings. The van der Waals surface area contributed by atoms with Crippen molar-refractivity contribution < 1.29 is 22.4 Å². The predicted octanol–water partition coefficient (Wildman–Crippen LogP) is 2.98. The van der Waals surface area contributed by atoms with Gasteiger partial charge in [0.15, 0.2) is 17.4 Å². The summed E-state index contributed by atoms with van der Waals surface area (Å²) in [5.41, 5.74) is 0.0180. The first-order chi connectivity index (χ1) is 10.2. The second-order valence-corrected chi connectivity index (χ2v) is 5.01. The maximum Gasteiger partial charge on any atom is 0.408 e. The topological polar surface area (TPSA) is 67.8 Å². The fraction of sp³-hybridized carbons (Fsp3) is 0.538. The number of anilines is 1. The monoisotopic (exact) mass is 318 g/mol. The fourth-order valence-electron chi connectivity index (χ4n) is 1.98. The highest BCUT2D eigenvalue weighted by molar-refractivity contribution is 6.01. The maximum atomic E-state index is 13.9. The van der Waals surface area contributed by atoms with Gasteiger partial charge in [-0.3, -0.25) is 4.79 Å². The van der Waals surface area contributed by atoms with Gasteiger partial charge >= 0.3 is 6.18 Å². The molecule has 120 valence electrons. The van der Waals surface area contributed by atoms with Crippen LogP contribution >= 0.6 is 0 Å². The van der Waals surface area contributed by atoms with Crippen molar-refractivity contribution in [2.24, 2.45) is 0 Å². The second kappa shape index (κ2) is 5.98. The van der Waals surface area contributed by atoms with Crippen molar-refractivity contribution in [1.82, 2.24) is 15.0 Å². The summed E-state index contributed by atoms with van der Waals surface area (Å²) >= 11 is 0. The maximum absolute atomic E-state index is 13.9. The Bertz CT molecular complexity index is 627. The molecule has 0 unspecified atom stereocenters. The van der Waals surface area contributed by atoms with Crippen LogP contribution in [-0.2, 0) is 4.79 Å². The Morgan fingerprint density at radius 1 is 1.18 bits per heavy atom. The summed E-state index contributed by atoms with van der Waals surface area (Å²) in [6.45, 7) is 2.38. The van der Waals surface area contributed by atoms with E-state index in [1.54, 1.807) is 0 Å². The van der Waals surface area contributed by atoms with E-state index in [9.17, 15) is 22.4 Å². The smallest absolute Gasteiger partial charge is 0.343 e. The number of halogens is 4. The van der Waals surface area contributed by atoms with Crippen LogP contribution in [0.4, 0.5) is 23.5 Å². The quantitative estimate of drug-likeness (QED) is 0.868. The van der Waals surface area contributed by atoms with Crippen LogP contribution in [0.3, 0.4) is 0 Å². The van der Waals surface area contributed by atoms with E-state index in [0.717, 1.165) is 6.92 Å². The number of nitrogens with one attached hydrogen (secondary N) is 1.